The van der Waals surface area contributed by atoms with Crippen molar-refractivity contribution in [3.8, 4) is 0 Å². The Morgan fingerprint density at radius 3 is 2.49 bits per heavy atom. The first-order chi connectivity index (χ1) is 23.6. The van der Waals surface area contributed by atoms with E-state index in [9.17, 15) is 24.3 Å². The third kappa shape index (κ3) is 7.04. The van der Waals surface area contributed by atoms with Gasteiger partial charge in [-0.1, -0.05) is 54.1 Å². The molecule has 0 radical (unpaired) electrons. The predicted molar refractivity (Wildman–Crippen MR) is 187 cm³/mol. The fourth-order valence-corrected chi connectivity index (χ4v) is 7.80. The number of esters is 1. The molecular weight excluding hydrogens is 646 g/mol. The zero-order valence-electron chi connectivity index (χ0n) is 28.2. The molecule has 3 aliphatic rings. The number of benzene rings is 2. The smallest absolute Gasteiger partial charge is 0.313 e. The molecule has 262 valence electrons. The van der Waals surface area contributed by atoms with Crippen LogP contribution in [0.25, 0.3) is 0 Å². The number of hydrogen-bond acceptors (Lipinski definition) is 7. The van der Waals surface area contributed by atoms with Gasteiger partial charge in [0, 0.05) is 43.9 Å². The van der Waals surface area contributed by atoms with Gasteiger partial charge in [-0.05, 0) is 68.9 Å². The van der Waals surface area contributed by atoms with Gasteiger partial charge in [-0.15, -0.1) is 13.2 Å². The lowest BCUT2D eigenvalue weighted by molar-refractivity contribution is -0.164. The average molecular weight is 692 g/mol. The molecule has 1 N–H and O–H groups in total. The maximum atomic E-state index is 14.6. The Morgan fingerprint density at radius 1 is 1.12 bits per heavy atom. The van der Waals surface area contributed by atoms with Crippen molar-refractivity contribution in [2.75, 3.05) is 31.6 Å². The van der Waals surface area contributed by atoms with Gasteiger partial charge in [-0.2, -0.15) is 0 Å². The highest BCUT2D eigenvalue weighted by Gasteiger charge is 2.75. The lowest BCUT2D eigenvalue weighted by Crippen LogP contribution is -2.56. The van der Waals surface area contributed by atoms with Crippen LogP contribution in [0.2, 0.25) is 5.02 Å². The SMILES string of the molecule is C=CCCC(=O)N(C)[C@@H](C)[C@@H](OC(=O)[C@@H]1[C@@H]2CC[C@]3(O2)[C@H](C(=O)N(CC=C)c2ccc(Cl)cc2)N(CCCCO)C(=O)[C@@H]13)c1ccccc1. The van der Waals surface area contributed by atoms with Crippen molar-refractivity contribution in [3.63, 3.8) is 0 Å². The van der Waals surface area contributed by atoms with E-state index in [1.165, 1.54) is 0 Å². The number of unbranched alkanes of at least 4 members (excludes halogenated alkanes) is 1. The number of nitrogens with zero attached hydrogens (tertiary/aromatic N) is 3. The van der Waals surface area contributed by atoms with E-state index < -0.39 is 47.7 Å². The summed E-state index contributed by atoms with van der Waals surface area (Å²) in [7, 11) is 1.69. The minimum Gasteiger partial charge on any atom is -0.455 e. The second-order valence-corrected chi connectivity index (χ2v) is 13.5. The minimum atomic E-state index is -1.24. The molecule has 2 aromatic rings. The van der Waals surface area contributed by atoms with E-state index in [2.05, 4.69) is 13.2 Å². The molecule has 0 aliphatic carbocycles. The highest BCUT2D eigenvalue weighted by molar-refractivity contribution is 6.30. The molecule has 1 spiro atoms. The van der Waals surface area contributed by atoms with Crippen molar-refractivity contribution in [3.05, 3.63) is 90.5 Å². The molecule has 2 aromatic carbocycles. The average Bonchev–Trinajstić information content (AvgIpc) is 3.75. The summed E-state index contributed by atoms with van der Waals surface area (Å²) >= 11 is 6.15. The van der Waals surface area contributed by atoms with Crippen LogP contribution in [0.3, 0.4) is 0 Å². The Hall–Kier alpha value is -3.99. The molecule has 0 unspecified atom stereocenters. The molecule has 7 atom stereocenters. The van der Waals surface area contributed by atoms with E-state index in [-0.39, 0.29) is 43.8 Å². The van der Waals surface area contributed by atoms with Crippen molar-refractivity contribution < 1.29 is 33.8 Å². The number of allylic oxidation sites excluding steroid dienone is 1. The van der Waals surface area contributed by atoms with Crippen molar-refractivity contribution in [1.82, 2.24) is 9.80 Å². The number of aliphatic hydroxyl groups excluding tert-OH is 1. The summed E-state index contributed by atoms with van der Waals surface area (Å²) in [4.78, 5) is 61.1. The first kappa shape index (κ1) is 36.3. The van der Waals surface area contributed by atoms with Crippen molar-refractivity contribution >= 4 is 41.0 Å². The van der Waals surface area contributed by atoms with Crippen LogP contribution in [-0.4, -0.2) is 89.1 Å². The third-order valence-electron chi connectivity index (χ3n) is 10.2. The van der Waals surface area contributed by atoms with Gasteiger partial charge in [0.05, 0.1) is 24.0 Å². The summed E-state index contributed by atoms with van der Waals surface area (Å²) in [6.45, 7) is 9.73. The highest BCUT2D eigenvalue weighted by atomic mass is 35.5. The van der Waals surface area contributed by atoms with Gasteiger partial charge in [0.25, 0.3) is 5.91 Å². The normalized spacial score (nSPS) is 25.0. The van der Waals surface area contributed by atoms with E-state index >= 15 is 0 Å². The van der Waals surface area contributed by atoms with Crippen LogP contribution in [-0.2, 0) is 28.7 Å². The number of halogens is 1. The lowest BCUT2D eigenvalue weighted by atomic mass is 9.70. The summed E-state index contributed by atoms with van der Waals surface area (Å²) in [5.74, 6) is -3.26. The molecular formula is C38H46ClN3O7. The number of hydrogen-bond donors (Lipinski definition) is 1. The molecule has 10 nitrogen and oxygen atoms in total. The number of aliphatic hydroxyl groups is 1. The van der Waals surface area contributed by atoms with Gasteiger partial charge in [-0.25, -0.2) is 0 Å². The fraction of sp³-hybridized carbons (Fsp3) is 0.474. The fourth-order valence-electron chi connectivity index (χ4n) is 7.68. The second kappa shape index (κ2) is 15.7. The number of anilines is 1. The Balaban J connectivity index is 1.48. The first-order valence-electron chi connectivity index (χ1n) is 17.0. The number of carbonyl (C=O) groups excluding carboxylic acids is 4. The summed E-state index contributed by atoms with van der Waals surface area (Å²) < 4.78 is 12.9. The highest BCUT2D eigenvalue weighted by Crippen LogP contribution is 2.59. The number of fused-ring (bicyclic) bond motifs is 1. The Bertz CT molecular complexity index is 1540. The summed E-state index contributed by atoms with van der Waals surface area (Å²) in [6.07, 6.45) is 4.49. The number of carbonyl (C=O) groups is 4. The van der Waals surface area contributed by atoms with Gasteiger partial charge >= 0.3 is 5.97 Å². The lowest BCUT2D eigenvalue weighted by Gasteiger charge is -2.37. The standard InChI is InChI=1S/C38H46ClN3O7/c1-5-7-15-30(44)40(4)25(3)33(26-13-9-8-10-14-26)48-37(47)31-29-20-21-38(49-29)32(31)35(45)42(23-11-12-24-43)34(38)36(46)41(22-6-2)28-18-16-27(39)17-19-28/h5-6,8-10,13-14,16-19,25,29,31-34,43H,1-2,7,11-12,15,20-24H2,3-4H3/t25-,29-,31+,32+,33+,34-,38+/m0/s1. The van der Waals surface area contributed by atoms with Crippen molar-refractivity contribution in [1.29, 1.82) is 0 Å². The van der Waals surface area contributed by atoms with Crippen LogP contribution in [0.15, 0.2) is 79.9 Å². The Kier molecular flexibility index (Phi) is 11.6. The van der Waals surface area contributed by atoms with E-state index in [1.807, 2.05) is 37.3 Å². The van der Waals surface area contributed by atoms with Gasteiger partial charge < -0.3 is 29.3 Å². The zero-order valence-corrected chi connectivity index (χ0v) is 29.0. The van der Waals surface area contributed by atoms with Crippen LogP contribution in [0, 0.1) is 11.8 Å². The second-order valence-electron chi connectivity index (χ2n) is 13.1. The molecule has 0 saturated carbocycles. The van der Waals surface area contributed by atoms with Crippen molar-refractivity contribution in [2.45, 2.75) is 75.3 Å². The molecule has 3 heterocycles. The van der Waals surface area contributed by atoms with Crippen LogP contribution in [0.1, 0.15) is 57.1 Å². The summed E-state index contributed by atoms with van der Waals surface area (Å²) in [5, 5.41) is 10.0. The van der Waals surface area contributed by atoms with Gasteiger partial charge in [0.15, 0.2) is 0 Å². The van der Waals surface area contributed by atoms with Gasteiger partial charge in [0.1, 0.15) is 17.7 Å². The van der Waals surface area contributed by atoms with E-state index in [0.717, 1.165) is 0 Å². The molecule has 2 bridgehead atoms. The van der Waals surface area contributed by atoms with Crippen LogP contribution >= 0.6 is 11.6 Å². The third-order valence-corrected chi connectivity index (χ3v) is 10.5. The Labute approximate surface area is 293 Å². The summed E-state index contributed by atoms with van der Waals surface area (Å²) in [5.41, 5.74) is 0.0654. The number of likely N-dealkylation sites (N-methyl/N-ethyl adjacent to an activating group) is 1. The predicted octanol–water partition coefficient (Wildman–Crippen LogP) is 5.10. The molecule has 3 amide bonds. The molecule has 49 heavy (non-hydrogen) atoms. The molecule has 3 saturated heterocycles. The van der Waals surface area contributed by atoms with Crippen LogP contribution in [0.4, 0.5) is 5.69 Å². The van der Waals surface area contributed by atoms with E-state index in [0.29, 0.717) is 48.4 Å². The summed E-state index contributed by atoms with van der Waals surface area (Å²) in [6, 6.07) is 14.6. The largest absolute Gasteiger partial charge is 0.455 e. The maximum absolute atomic E-state index is 14.6. The first-order valence-corrected chi connectivity index (χ1v) is 17.4. The van der Waals surface area contributed by atoms with E-state index in [4.69, 9.17) is 21.1 Å². The number of ether oxygens (including phenoxy) is 2. The molecule has 3 aliphatic heterocycles. The molecule has 11 heteroatoms. The molecule has 5 rings (SSSR count). The maximum Gasteiger partial charge on any atom is 0.313 e. The van der Waals surface area contributed by atoms with E-state index in [1.54, 1.807) is 58.2 Å². The molecule has 3 fully saturated rings. The quantitative estimate of drug-likeness (QED) is 0.148. The van der Waals surface area contributed by atoms with Crippen LogP contribution in [0.5, 0.6) is 0 Å². The van der Waals surface area contributed by atoms with Gasteiger partial charge in [0.2, 0.25) is 11.8 Å². The van der Waals surface area contributed by atoms with Crippen molar-refractivity contribution in [2.24, 2.45) is 11.8 Å². The monoisotopic (exact) mass is 691 g/mol. The number of likely N-dealkylation sites (tertiary alicyclic amines) is 1. The van der Waals surface area contributed by atoms with Crippen LogP contribution < -0.4 is 4.90 Å². The number of rotatable bonds is 16. The molecule has 0 aromatic heterocycles. The topological polar surface area (TPSA) is 117 Å². The Morgan fingerprint density at radius 2 is 1.84 bits per heavy atom. The van der Waals surface area contributed by atoms with Gasteiger partial charge in [-0.3, -0.25) is 19.2 Å². The zero-order chi connectivity index (χ0) is 35.3. The number of amides is 3. The minimum absolute atomic E-state index is 0.0559.